The molecule has 2 heterocycles. The van der Waals surface area contributed by atoms with Crippen molar-refractivity contribution >= 4 is 11.9 Å². The van der Waals surface area contributed by atoms with Crippen molar-refractivity contribution in [2.24, 2.45) is 0 Å². The molecule has 15 nitrogen and oxygen atoms in total. The Morgan fingerprint density at radius 1 is 0.528 bits per heavy atom. The maximum absolute atomic E-state index is 12.8. The summed E-state index contributed by atoms with van der Waals surface area (Å²) in [5.74, 6) is -0.930. The zero-order valence-electron chi connectivity index (χ0n) is 32.0. The molecule has 0 spiro atoms. The van der Waals surface area contributed by atoms with Gasteiger partial charge in [0.15, 0.2) is 18.7 Å². The number of rotatable bonds is 29. The van der Waals surface area contributed by atoms with Crippen molar-refractivity contribution in [3.63, 3.8) is 0 Å². The number of carbonyl (C=O) groups is 2. The summed E-state index contributed by atoms with van der Waals surface area (Å²) in [6.45, 7) is 2.49. The molecule has 11 atom stereocenters. The summed E-state index contributed by atoms with van der Waals surface area (Å²) in [6.07, 6.45) is 1.92. The van der Waals surface area contributed by atoms with Crippen LogP contribution in [0.1, 0.15) is 136 Å². The summed E-state index contributed by atoms with van der Waals surface area (Å²) in [5.41, 5.74) is 0. The van der Waals surface area contributed by atoms with Crippen molar-refractivity contribution < 1.29 is 73.8 Å². The highest BCUT2D eigenvalue weighted by molar-refractivity contribution is 5.70. The molecule has 2 saturated heterocycles. The molecule has 2 aliphatic rings. The standard InChI is InChI=1S/C38H70O15/c1-3-5-7-9-11-13-15-17-19-21-30(41)51-26(23-48-29(40)20-18-16-14-12-10-8-6-4-2)24-49-37-36(47)34(45)32(43)28(53-37)25-50-38-35(46)33(44)31(42)27(22-39)52-38/h26-28,31-39,42-47H,3-25H2,1-2H3. The Morgan fingerprint density at radius 3 is 1.47 bits per heavy atom. The van der Waals surface area contributed by atoms with Crippen LogP contribution in [0, 0.1) is 0 Å². The van der Waals surface area contributed by atoms with E-state index in [9.17, 15) is 45.3 Å². The van der Waals surface area contributed by atoms with Crippen LogP contribution in [0.25, 0.3) is 0 Å². The van der Waals surface area contributed by atoms with Gasteiger partial charge in [-0.05, 0) is 12.8 Å². The second-order valence-electron chi connectivity index (χ2n) is 14.5. The lowest BCUT2D eigenvalue weighted by Gasteiger charge is -2.42. The Morgan fingerprint density at radius 2 is 0.962 bits per heavy atom. The fourth-order valence-electron chi connectivity index (χ4n) is 6.39. The van der Waals surface area contributed by atoms with Gasteiger partial charge in [0.05, 0.1) is 19.8 Å². The molecule has 2 rings (SSSR count). The van der Waals surface area contributed by atoms with Gasteiger partial charge >= 0.3 is 11.9 Å². The Kier molecular flexibility index (Phi) is 25.2. The van der Waals surface area contributed by atoms with Gasteiger partial charge in [0.25, 0.3) is 0 Å². The highest BCUT2D eigenvalue weighted by Crippen LogP contribution is 2.26. The first-order chi connectivity index (χ1) is 25.5. The molecule has 2 aliphatic heterocycles. The number of ether oxygens (including phenoxy) is 6. The summed E-state index contributed by atoms with van der Waals surface area (Å²) < 4.78 is 33.2. The van der Waals surface area contributed by atoms with Crippen molar-refractivity contribution in [2.75, 3.05) is 26.4 Å². The van der Waals surface area contributed by atoms with Crippen molar-refractivity contribution in [2.45, 2.75) is 203 Å². The highest BCUT2D eigenvalue weighted by Gasteiger charge is 2.47. The molecule has 11 unspecified atom stereocenters. The van der Waals surface area contributed by atoms with Crippen molar-refractivity contribution in [1.82, 2.24) is 0 Å². The lowest BCUT2D eigenvalue weighted by molar-refractivity contribution is -0.332. The minimum atomic E-state index is -1.76. The van der Waals surface area contributed by atoms with Crippen LogP contribution >= 0.6 is 0 Å². The van der Waals surface area contributed by atoms with E-state index >= 15 is 0 Å². The minimum Gasteiger partial charge on any atom is -0.462 e. The van der Waals surface area contributed by atoms with Crippen LogP contribution in [-0.4, -0.2) is 142 Å². The molecule has 0 saturated carbocycles. The maximum atomic E-state index is 12.8. The third-order valence-electron chi connectivity index (χ3n) is 9.84. The van der Waals surface area contributed by atoms with Gasteiger partial charge in [-0.15, -0.1) is 0 Å². The molecule has 0 radical (unpaired) electrons. The Hall–Kier alpha value is -1.50. The Labute approximate surface area is 315 Å². The number of aliphatic hydroxyl groups is 7. The second kappa shape index (κ2) is 28.0. The van der Waals surface area contributed by atoms with E-state index in [1.54, 1.807) is 0 Å². The fourth-order valence-corrected chi connectivity index (χ4v) is 6.39. The average molecular weight is 767 g/mol. The molecule has 7 N–H and O–H groups in total. The highest BCUT2D eigenvalue weighted by atomic mass is 16.7. The first-order valence-electron chi connectivity index (χ1n) is 20.1. The minimum absolute atomic E-state index is 0.170. The van der Waals surface area contributed by atoms with Crippen molar-refractivity contribution in [1.29, 1.82) is 0 Å². The van der Waals surface area contributed by atoms with E-state index < -0.39 is 92.7 Å². The Balaban J connectivity index is 1.91. The predicted octanol–water partition coefficient (Wildman–Crippen LogP) is 2.53. The van der Waals surface area contributed by atoms with E-state index in [-0.39, 0.29) is 26.1 Å². The SMILES string of the molecule is CCCCCCCCCCCC(=O)OC(COC(=O)CCCCCCCCCC)COC1OC(COC2OC(CO)C(O)C(O)C2O)C(O)C(O)C1O. The summed E-state index contributed by atoms with van der Waals surface area (Å²) in [4.78, 5) is 25.3. The van der Waals surface area contributed by atoms with Gasteiger partial charge in [0.1, 0.15) is 55.4 Å². The molecule has 312 valence electrons. The molecule has 0 aromatic heterocycles. The third kappa shape index (κ3) is 18.3. The smallest absolute Gasteiger partial charge is 0.306 e. The molecule has 15 heteroatoms. The van der Waals surface area contributed by atoms with E-state index in [4.69, 9.17) is 28.4 Å². The topological polar surface area (TPSA) is 231 Å². The first-order valence-corrected chi connectivity index (χ1v) is 20.1. The van der Waals surface area contributed by atoms with Crippen LogP contribution in [0.4, 0.5) is 0 Å². The van der Waals surface area contributed by atoms with Crippen LogP contribution in [0.3, 0.4) is 0 Å². The van der Waals surface area contributed by atoms with Crippen LogP contribution in [-0.2, 0) is 38.0 Å². The largest absolute Gasteiger partial charge is 0.462 e. The van der Waals surface area contributed by atoms with Crippen molar-refractivity contribution in [3.8, 4) is 0 Å². The number of hydrogen-bond acceptors (Lipinski definition) is 15. The number of aliphatic hydroxyl groups excluding tert-OH is 7. The molecule has 53 heavy (non-hydrogen) atoms. The van der Waals surface area contributed by atoms with Gasteiger partial charge in [0.2, 0.25) is 0 Å². The van der Waals surface area contributed by atoms with E-state index in [2.05, 4.69) is 13.8 Å². The monoisotopic (exact) mass is 766 g/mol. The summed E-state index contributed by atoms with van der Waals surface area (Å²) in [6, 6.07) is 0. The third-order valence-corrected chi connectivity index (χ3v) is 9.84. The van der Waals surface area contributed by atoms with Crippen LogP contribution in [0.15, 0.2) is 0 Å². The van der Waals surface area contributed by atoms with Crippen LogP contribution < -0.4 is 0 Å². The van der Waals surface area contributed by atoms with Gasteiger partial charge in [-0.25, -0.2) is 0 Å². The maximum Gasteiger partial charge on any atom is 0.306 e. The molecule has 2 fully saturated rings. The zero-order chi connectivity index (χ0) is 39.0. The summed E-state index contributed by atoms with van der Waals surface area (Å²) >= 11 is 0. The van der Waals surface area contributed by atoms with Gasteiger partial charge in [-0.2, -0.15) is 0 Å². The average Bonchev–Trinajstić information content (AvgIpc) is 3.15. The number of hydrogen-bond donors (Lipinski definition) is 7. The van der Waals surface area contributed by atoms with Crippen LogP contribution in [0.2, 0.25) is 0 Å². The summed E-state index contributed by atoms with van der Waals surface area (Å²) in [5, 5.41) is 71.5. The number of unbranched alkanes of at least 4 members (excludes halogenated alkanes) is 15. The Bertz CT molecular complexity index is 955. The first kappa shape index (κ1) is 47.7. The molecule has 0 aromatic rings. The lowest BCUT2D eigenvalue weighted by atomic mass is 9.98. The molecule has 0 aliphatic carbocycles. The van der Waals surface area contributed by atoms with Crippen molar-refractivity contribution in [3.05, 3.63) is 0 Å². The van der Waals surface area contributed by atoms with E-state index in [1.807, 2.05) is 0 Å². The van der Waals surface area contributed by atoms with Crippen LogP contribution in [0.5, 0.6) is 0 Å². The molecule has 0 amide bonds. The zero-order valence-corrected chi connectivity index (χ0v) is 32.0. The van der Waals surface area contributed by atoms with E-state index in [0.717, 1.165) is 38.5 Å². The molecule has 0 bridgehead atoms. The van der Waals surface area contributed by atoms with Gasteiger partial charge in [-0.3, -0.25) is 9.59 Å². The number of carbonyl (C=O) groups excluding carboxylic acids is 2. The molecular weight excluding hydrogens is 696 g/mol. The van der Waals surface area contributed by atoms with Gasteiger partial charge < -0.3 is 64.2 Å². The normalized spacial score (nSPS) is 29.5. The fraction of sp³-hybridized carbons (Fsp3) is 0.947. The lowest BCUT2D eigenvalue weighted by Crippen LogP contribution is -2.61. The predicted molar refractivity (Wildman–Crippen MR) is 192 cm³/mol. The summed E-state index contributed by atoms with van der Waals surface area (Å²) in [7, 11) is 0. The number of esters is 2. The van der Waals surface area contributed by atoms with E-state index in [0.29, 0.717) is 12.8 Å². The molecule has 0 aromatic carbocycles. The quantitative estimate of drug-likeness (QED) is 0.0429. The molecular formula is C38H70O15. The second-order valence-corrected chi connectivity index (χ2v) is 14.5. The van der Waals surface area contributed by atoms with Gasteiger partial charge in [0, 0.05) is 12.8 Å². The van der Waals surface area contributed by atoms with E-state index in [1.165, 1.54) is 57.8 Å². The van der Waals surface area contributed by atoms with Gasteiger partial charge in [-0.1, -0.05) is 110 Å².